The highest BCUT2D eigenvalue weighted by atomic mass is 32.2. The molecule has 0 radical (unpaired) electrons. The van der Waals surface area contributed by atoms with Crippen LogP contribution < -0.4 is 0 Å². The first-order chi connectivity index (χ1) is 7.71. The Morgan fingerprint density at radius 1 is 1.35 bits per heavy atom. The van der Waals surface area contributed by atoms with Crippen molar-refractivity contribution in [2.24, 2.45) is 0 Å². The molecule has 0 bridgehead atoms. The van der Waals surface area contributed by atoms with Gasteiger partial charge in [-0.2, -0.15) is 16.1 Å². The van der Waals surface area contributed by atoms with Crippen LogP contribution in [0.2, 0.25) is 0 Å². The van der Waals surface area contributed by atoms with E-state index in [4.69, 9.17) is 4.74 Å². The van der Waals surface area contributed by atoms with E-state index in [1.54, 1.807) is 11.8 Å². The van der Waals surface area contributed by atoms with Crippen molar-refractivity contribution in [3.05, 3.63) is 0 Å². The fraction of sp³-hybridized carbons (Fsp3) is 1.00. The molecule has 0 aromatic heterocycles. The third-order valence-electron chi connectivity index (χ3n) is 2.89. The number of rotatable bonds is 1. The number of nitrogens with zero attached hydrogens (tertiary/aromatic N) is 1. The van der Waals surface area contributed by atoms with E-state index >= 15 is 0 Å². The lowest BCUT2D eigenvalue weighted by Gasteiger charge is -2.27. The highest BCUT2D eigenvalue weighted by Crippen LogP contribution is 2.23. The van der Waals surface area contributed by atoms with Crippen LogP contribution in [0.25, 0.3) is 0 Å². The van der Waals surface area contributed by atoms with Crippen molar-refractivity contribution in [3.63, 3.8) is 0 Å². The maximum atomic E-state index is 11.6. The predicted octanol–water partition coefficient (Wildman–Crippen LogP) is 0.495. The lowest BCUT2D eigenvalue weighted by molar-refractivity contribution is -0.134. The summed E-state index contributed by atoms with van der Waals surface area (Å²) in [5, 5.41) is 9.97. The molecule has 0 aromatic rings. The summed E-state index contributed by atoms with van der Waals surface area (Å²) >= 11 is 1.66. The SMILES string of the molecule is CC1OC(O)CN(S(C)(=O)=O)C(C)CSC1C. The van der Waals surface area contributed by atoms with E-state index in [-0.39, 0.29) is 23.9 Å². The Balaban J connectivity index is 2.88. The fourth-order valence-electron chi connectivity index (χ4n) is 1.71. The van der Waals surface area contributed by atoms with E-state index in [1.165, 1.54) is 4.31 Å². The summed E-state index contributed by atoms with van der Waals surface area (Å²) in [6.07, 6.45) is -0.00364. The van der Waals surface area contributed by atoms with Crippen molar-refractivity contribution in [2.45, 2.75) is 44.5 Å². The van der Waals surface area contributed by atoms with Gasteiger partial charge in [-0.25, -0.2) is 8.42 Å². The molecule has 0 amide bonds. The standard InChI is InChI=1S/C10H21NO4S2/c1-7-6-16-9(3)8(2)15-10(12)5-11(7)17(4,13)14/h7-10,12H,5-6H2,1-4H3. The van der Waals surface area contributed by atoms with Gasteiger partial charge in [-0.15, -0.1) is 0 Å². The van der Waals surface area contributed by atoms with Gasteiger partial charge in [0.2, 0.25) is 10.0 Å². The Labute approximate surface area is 108 Å². The maximum absolute atomic E-state index is 11.6. The van der Waals surface area contributed by atoms with Gasteiger partial charge in [0.25, 0.3) is 0 Å². The van der Waals surface area contributed by atoms with Crippen LogP contribution in [0.4, 0.5) is 0 Å². The van der Waals surface area contributed by atoms with Crippen LogP contribution in [0, 0.1) is 0 Å². The first kappa shape index (κ1) is 15.2. The van der Waals surface area contributed by atoms with Crippen LogP contribution >= 0.6 is 11.8 Å². The van der Waals surface area contributed by atoms with Crippen LogP contribution in [0.3, 0.4) is 0 Å². The van der Waals surface area contributed by atoms with Crippen LogP contribution in [0.1, 0.15) is 20.8 Å². The average molecular weight is 283 g/mol. The van der Waals surface area contributed by atoms with E-state index in [1.807, 2.05) is 20.8 Å². The largest absolute Gasteiger partial charge is 0.367 e. The summed E-state index contributed by atoms with van der Waals surface area (Å²) in [6.45, 7) is 5.76. The minimum Gasteiger partial charge on any atom is -0.367 e. The summed E-state index contributed by atoms with van der Waals surface area (Å²) in [7, 11) is -3.32. The smallest absolute Gasteiger partial charge is 0.211 e. The quantitative estimate of drug-likeness (QED) is 0.759. The van der Waals surface area contributed by atoms with Crippen molar-refractivity contribution in [1.82, 2.24) is 4.31 Å². The minimum atomic E-state index is -3.32. The minimum absolute atomic E-state index is 0.00236. The second-order valence-corrected chi connectivity index (χ2v) is 7.86. The van der Waals surface area contributed by atoms with E-state index in [2.05, 4.69) is 0 Å². The molecule has 4 unspecified atom stereocenters. The summed E-state index contributed by atoms with van der Waals surface area (Å²) in [5.41, 5.74) is 0. The first-order valence-electron chi connectivity index (χ1n) is 5.63. The second-order valence-electron chi connectivity index (χ2n) is 4.52. The Morgan fingerprint density at radius 3 is 2.47 bits per heavy atom. The van der Waals surface area contributed by atoms with Crippen LogP contribution in [-0.2, 0) is 14.8 Å². The lowest BCUT2D eigenvalue weighted by atomic mass is 10.3. The van der Waals surface area contributed by atoms with E-state index in [9.17, 15) is 13.5 Å². The third kappa shape index (κ3) is 4.40. The third-order valence-corrected chi connectivity index (χ3v) is 5.83. The molecule has 1 rings (SSSR count). The van der Waals surface area contributed by atoms with Gasteiger partial charge in [-0.1, -0.05) is 6.92 Å². The molecular formula is C10H21NO4S2. The highest BCUT2D eigenvalue weighted by molar-refractivity contribution is 8.00. The molecule has 0 aromatic carbocycles. The van der Waals surface area contributed by atoms with Crippen molar-refractivity contribution < 1.29 is 18.3 Å². The van der Waals surface area contributed by atoms with Crippen LogP contribution in [-0.4, -0.2) is 60.1 Å². The lowest BCUT2D eigenvalue weighted by Crippen LogP contribution is -2.44. The van der Waals surface area contributed by atoms with Crippen molar-refractivity contribution in [3.8, 4) is 0 Å². The van der Waals surface area contributed by atoms with Gasteiger partial charge < -0.3 is 9.84 Å². The van der Waals surface area contributed by atoms with Crippen molar-refractivity contribution >= 4 is 21.8 Å². The molecule has 5 nitrogen and oxygen atoms in total. The molecule has 1 aliphatic heterocycles. The van der Waals surface area contributed by atoms with Gasteiger partial charge in [-0.05, 0) is 13.8 Å². The molecule has 1 aliphatic rings. The van der Waals surface area contributed by atoms with E-state index in [0.29, 0.717) is 5.75 Å². The van der Waals surface area contributed by atoms with Gasteiger partial charge in [0.1, 0.15) is 0 Å². The van der Waals surface area contributed by atoms with Crippen molar-refractivity contribution in [1.29, 1.82) is 0 Å². The summed E-state index contributed by atoms with van der Waals surface area (Å²) in [5.74, 6) is 0.703. The summed E-state index contributed by atoms with van der Waals surface area (Å²) < 4.78 is 30.0. The van der Waals surface area contributed by atoms with Crippen LogP contribution in [0.15, 0.2) is 0 Å². The Kier molecular flexibility index (Phi) is 5.27. The predicted molar refractivity (Wildman–Crippen MR) is 69.5 cm³/mol. The number of ether oxygens (including phenoxy) is 1. The van der Waals surface area contributed by atoms with Crippen LogP contribution in [0.5, 0.6) is 0 Å². The molecule has 0 aliphatic carbocycles. The summed E-state index contributed by atoms with van der Waals surface area (Å²) in [6, 6.07) is -0.138. The Morgan fingerprint density at radius 2 is 1.94 bits per heavy atom. The van der Waals surface area contributed by atoms with Gasteiger partial charge in [0, 0.05) is 17.0 Å². The van der Waals surface area contributed by atoms with Gasteiger partial charge in [0.05, 0.1) is 18.9 Å². The number of aliphatic hydroxyl groups excluding tert-OH is 1. The zero-order valence-electron chi connectivity index (χ0n) is 10.7. The highest BCUT2D eigenvalue weighted by Gasteiger charge is 2.30. The normalized spacial score (nSPS) is 38.2. The number of hydrogen-bond donors (Lipinski definition) is 1. The molecule has 1 fully saturated rings. The molecule has 1 N–H and O–H groups in total. The van der Waals surface area contributed by atoms with E-state index in [0.717, 1.165) is 6.26 Å². The molecule has 1 heterocycles. The monoisotopic (exact) mass is 283 g/mol. The molecule has 0 spiro atoms. The number of β-amino-alcohol motifs (C(OH)–C–C–N with tert-alkyl or cyclic N) is 1. The molecule has 7 heteroatoms. The Bertz CT molecular complexity index is 346. The first-order valence-corrected chi connectivity index (χ1v) is 8.53. The Hall–Kier alpha value is 0.180. The molecule has 102 valence electrons. The van der Waals surface area contributed by atoms with Crippen molar-refractivity contribution in [2.75, 3.05) is 18.6 Å². The molecule has 4 atom stereocenters. The maximum Gasteiger partial charge on any atom is 0.211 e. The number of hydrogen-bond acceptors (Lipinski definition) is 5. The fourth-order valence-corrected chi connectivity index (χ4v) is 4.03. The second kappa shape index (κ2) is 5.88. The number of thioether (sulfide) groups is 1. The molecule has 17 heavy (non-hydrogen) atoms. The summed E-state index contributed by atoms with van der Waals surface area (Å²) in [4.78, 5) is 0. The molecular weight excluding hydrogens is 262 g/mol. The zero-order valence-corrected chi connectivity index (χ0v) is 12.3. The number of aliphatic hydroxyl groups is 1. The average Bonchev–Trinajstić information content (AvgIpc) is 2.23. The van der Waals surface area contributed by atoms with Gasteiger partial charge in [0.15, 0.2) is 6.29 Å². The van der Waals surface area contributed by atoms with E-state index < -0.39 is 16.3 Å². The zero-order chi connectivity index (χ0) is 13.2. The topological polar surface area (TPSA) is 66.8 Å². The molecule has 0 saturated carbocycles. The molecule has 1 saturated heterocycles. The number of sulfonamides is 1. The van der Waals surface area contributed by atoms with Gasteiger partial charge >= 0.3 is 0 Å². The van der Waals surface area contributed by atoms with Gasteiger partial charge in [-0.3, -0.25) is 0 Å².